The quantitative estimate of drug-likeness (QED) is 0.00547. The van der Waals surface area contributed by atoms with Crippen LogP contribution in [-0.2, 0) is 64.0 Å². The molecule has 0 fully saturated rings. The van der Waals surface area contributed by atoms with Gasteiger partial charge in [0.1, 0.15) is 6.54 Å². The van der Waals surface area contributed by atoms with Gasteiger partial charge in [0, 0.05) is 81.5 Å². The monoisotopic (exact) mass is 1080 g/mol. The number of unbranched alkanes of at least 4 members (excludes halogenated alkanes) is 2. The summed E-state index contributed by atoms with van der Waals surface area (Å²) in [6, 6.07) is 12.7. The topological polar surface area (TPSA) is 257 Å². The average molecular weight is 1090 g/mol. The van der Waals surface area contributed by atoms with Crippen molar-refractivity contribution in [1.29, 1.82) is 0 Å². The van der Waals surface area contributed by atoms with Crippen LogP contribution in [0.2, 0.25) is 10.0 Å². The van der Waals surface area contributed by atoms with Gasteiger partial charge in [0.2, 0.25) is 5.69 Å². The first-order valence-corrected chi connectivity index (χ1v) is 26.7. The molecule has 19 nitrogen and oxygen atoms in total. The zero-order valence-electron chi connectivity index (χ0n) is 36.6. The summed E-state index contributed by atoms with van der Waals surface area (Å²) in [5.74, 6) is -0.664. The Labute approximate surface area is 416 Å². The Kier molecular flexibility index (Phi) is 20.8. The first-order chi connectivity index (χ1) is 32.2. The fourth-order valence-corrected chi connectivity index (χ4v) is 11.0. The fourth-order valence-electron chi connectivity index (χ4n) is 8.12. The Morgan fingerprint density at radius 3 is 2.15 bits per heavy atom. The SMILES string of the molecule is CC1(C)C(/C=C/C=C/C=C2\N(CCCS(=O)(=O)O)c3ccc(S(=O)(=O)O)cc3C2(C)CCCCCC(=O)Oc2c(Cl)cc(SOOO)cc2Cl)=[N+](CCCSOOO)c2ccc(SOOO)cc21. The Hall–Kier alpha value is -3.09. The van der Waals surface area contributed by atoms with Crippen LogP contribution in [0, 0.1) is 0 Å². The molecule has 5 rings (SSSR count). The minimum Gasteiger partial charge on any atom is -0.423 e. The van der Waals surface area contributed by atoms with Crippen molar-refractivity contribution < 1.29 is 83.9 Å². The van der Waals surface area contributed by atoms with E-state index in [1.54, 1.807) is 6.07 Å². The van der Waals surface area contributed by atoms with E-state index in [1.165, 1.54) is 24.3 Å². The number of rotatable bonds is 27. The molecular formula is C42H49Cl2N2O17S5+. The van der Waals surface area contributed by atoms with Crippen LogP contribution < -0.4 is 9.64 Å². The minimum atomic E-state index is -4.63. The van der Waals surface area contributed by atoms with Gasteiger partial charge in [-0.2, -0.15) is 21.4 Å². The Morgan fingerprint density at radius 2 is 1.49 bits per heavy atom. The molecule has 26 heteroatoms. The summed E-state index contributed by atoms with van der Waals surface area (Å²) in [5, 5.41) is 36.8. The molecule has 2 aliphatic rings. The molecule has 68 heavy (non-hydrogen) atoms. The second-order valence-corrected chi connectivity index (χ2v) is 22.1. The summed E-state index contributed by atoms with van der Waals surface area (Å²) in [6.07, 6.45) is 11.9. The van der Waals surface area contributed by atoms with Crippen LogP contribution in [0.15, 0.2) is 99.3 Å². The van der Waals surface area contributed by atoms with E-state index < -0.39 is 42.8 Å². The van der Waals surface area contributed by atoms with Gasteiger partial charge in [-0.3, -0.25) is 13.9 Å². The lowest BCUT2D eigenvalue weighted by Crippen LogP contribution is -2.30. The third kappa shape index (κ3) is 14.7. The van der Waals surface area contributed by atoms with Gasteiger partial charge in [-0.15, -0.1) is 13.0 Å². The number of carbonyl (C=O) groups excluding carboxylic acids is 1. The minimum absolute atomic E-state index is 0.00193. The largest absolute Gasteiger partial charge is 0.423 e. The maximum atomic E-state index is 12.9. The highest BCUT2D eigenvalue weighted by Gasteiger charge is 2.45. The Bertz CT molecular complexity index is 2610. The molecule has 0 saturated heterocycles. The lowest BCUT2D eigenvalue weighted by atomic mass is 9.77. The summed E-state index contributed by atoms with van der Waals surface area (Å²) in [4.78, 5) is 15.5. The smallest absolute Gasteiger partial charge is 0.311 e. The van der Waals surface area contributed by atoms with Gasteiger partial charge in [-0.25, -0.2) is 15.8 Å². The van der Waals surface area contributed by atoms with Gasteiger partial charge in [-0.05, 0) is 94.1 Å². The molecule has 0 radical (unpaired) electrons. The molecule has 2 heterocycles. The molecule has 1 atom stereocenters. The first-order valence-electron chi connectivity index (χ1n) is 20.5. The summed E-state index contributed by atoms with van der Waals surface area (Å²) < 4.78 is 89.3. The fraction of sp³-hybridized carbons (Fsp3) is 0.381. The number of hydrogen-bond donors (Lipinski definition) is 5. The number of allylic oxidation sites excluding steroid dienone is 6. The molecule has 0 bridgehead atoms. The van der Waals surface area contributed by atoms with Crippen LogP contribution in [0.3, 0.4) is 0 Å². The van der Waals surface area contributed by atoms with Gasteiger partial charge >= 0.3 is 5.97 Å². The van der Waals surface area contributed by atoms with Gasteiger partial charge in [0.15, 0.2) is 11.5 Å². The second-order valence-electron chi connectivity index (χ2n) is 15.9. The summed E-state index contributed by atoms with van der Waals surface area (Å²) >= 11 is 15.0. The van der Waals surface area contributed by atoms with E-state index in [0.717, 1.165) is 41.0 Å². The summed E-state index contributed by atoms with van der Waals surface area (Å²) in [7, 11) is -8.94. The van der Waals surface area contributed by atoms with E-state index in [0.29, 0.717) is 83.2 Å². The van der Waals surface area contributed by atoms with Crippen molar-refractivity contribution in [3.8, 4) is 5.75 Å². The number of esters is 1. The maximum absolute atomic E-state index is 12.9. The molecule has 372 valence electrons. The van der Waals surface area contributed by atoms with Gasteiger partial charge in [0.05, 0.1) is 50.2 Å². The van der Waals surface area contributed by atoms with Crippen LogP contribution in [0.25, 0.3) is 0 Å². The highest BCUT2D eigenvalue weighted by atomic mass is 35.5. The number of carbonyl (C=O) groups is 1. The molecule has 0 spiro atoms. The second kappa shape index (κ2) is 25.3. The van der Waals surface area contributed by atoms with Crippen molar-refractivity contribution in [3.63, 3.8) is 0 Å². The first kappa shape index (κ1) is 55.8. The summed E-state index contributed by atoms with van der Waals surface area (Å²) in [5.41, 5.74) is 3.30. The lowest BCUT2D eigenvalue weighted by molar-refractivity contribution is -0.438. The van der Waals surface area contributed by atoms with Crippen molar-refractivity contribution in [2.24, 2.45) is 0 Å². The Balaban J connectivity index is 1.42. The normalized spacial score (nSPS) is 17.6. The van der Waals surface area contributed by atoms with Crippen LogP contribution in [0.5, 0.6) is 5.75 Å². The number of hydrogen-bond acceptors (Lipinski definition) is 19. The van der Waals surface area contributed by atoms with E-state index in [-0.39, 0.29) is 40.1 Å². The molecule has 3 aromatic carbocycles. The highest BCUT2D eigenvalue weighted by molar-refractivity contribution is 7.95. The van der Waals surface area contributed by atoms with Gasteiger partial charge in [0.25, 0.3) is 20.2 Å². The molecule has 0 aliphatic carbocycles. The molecular weight excluding hydrogens is 1040 g/mol. The third-order valence-corrected chi connectivity index (χ3v) is 15.1. The van der Waals surface area contributed by atoms with Crippen molar-refractivity contribution in [1.82, 2.24) is 0 Å². The molecule has 5 N–H and O–H groups in total. The van der Waals surface area contributed by atoms with Crippen molar-refractivity contribution in [2.45, 2.75) is 91.2 Å². The zero-order chi connectivity index (χ0) is 49.7. The van der Waals surface area contributed by atoms with E-state index in [9.17, 15) is 30.7 Å². The molecule has 0 aromatic heterocycles. The summed E-state index contributed by atoms with van der Waals surface area (Å²) in [6.45, 7) is 6.76. The van der Waals surface area contributed by atoms with Crippen LogP contribution >= 0.6 is 59.3 Å². The predicted octanol–water partition coefficient (Wildman–Crippen LogP) is 10.5. The highest BCUT2D eigenvalue weighted by Crippen LogP contribution is 2.52. The molecule has 0 amide bonds. The van der Waals surface area contributed by atoms with E-state index in [2.05, 4.69) is 46.5 Å². The van der Waals surface area contributed by atoms with Crippen LogP contribution in [0.1, 0.15) is 76.8 Å². The van der Waals surface area contributed by atoms with Gasteiger partial charge < -0.3 is 9.64 Å². The Morgan fingerprint density at radius 1 is 0.794 bits per heavy atom. The molecule has 0 saturated carbocycles. The maximum Gasteiger partial charge on any atom is 0.311 e. The number of halogens is 2. The lowest BCUT2D eigenvalue weighted by Gasteiger charge is -2.30. The zero-order valence-corrected chi connectivity index (χ0v) is 42.2. The number of benzene rings is 3. The van der Waals surface area contributed by atoms with E-state index in [1.807, 2.05) is 60.4 Å². The third-order valence-electron chi connectivity index (χ3n) is 11.1. The average Bonchev–Trinajstić information content (AvgIpc) is 3.63. The van der Waals surface area contributed by atoms with Crippen molar-refractivity contribution in [2.75, 3.05) is 29.5 Å². The van der Waals surface area contributed by atoms with Crippen LogP contribution in [0.4, 0.5) is 11.4 Å². The van der Waals surface area contributed by atoms with Crippen LogP contribution in [-0.4, -0.2) is 82.6 Å². The predicted molar refractivity (Wildman–Crippen MR) is 256 cm³/mol. The standard InChI is InChI=1S/C42H48Cl2N2O17S5/c1-41(2)31-24-28(65-62-59-49)15-17-35(31)45(20-10-22-64-61-58-48)37(41)12-6-4-7-13-38-42(3,32-27-30(68(54,55)56)16-18-36(32)46(38)21-11-23-67(51,52)53)19-9-5-8-14-39(47)57-40-33(43)25-29(26-34(40)44)66-63-60-50/h4,6-7,12-13,15-18,24-27H,5,8-11,14,19-23H2,1-3H3,(H4-,48,49,50,51,52,53,54,55,56)/p+1. The van der Waals surface area contributed by atoms with E-state index in [4.69, 9.17) is 43.7 Å². The van der Waals surface area contributed by atoms with Crippen molar-refractivity contribution in [3.05, 3.63) is 106 Å². The number of nitrogens with zero attached hydrogens (tertiary/aromatic N) is 2. The number of anilines is 1. The van der Waals surface area contributed by atoms with Crippen molar-refractivity contribution >= 4 is 103 Å². The van der Waals surface area contributed by atoms with E-state index >= 15 is 0 Å². The molecule has 2 aliphatic heterocycles. The number of ether oxygens (including phenoxy) is 1. The number of fused-ring (bicyclic) bond motifs is 2. The van der Waals surface area contributed by atoms with Gasteiger partial charge in [-0.1, -0.05) is 69.4 Å². The molecule has 3 aromatic rings. The molecule has 1 unspecified atom stereocenters.